The topological polar surface area (TPSA) is 75.6 Å². The van der Waals surface area contributed by atoms with Gasteiger partial charge in [-0.05, 0) is 43.2 Å². The number of rotatable bonds is 5. The standard InChI is InChI=1S/C26H25F3N4O3/c1-16-6-7-21-19(14-23(34)35-22(21)12-16)15-32-8-10-33(11-9-32)17(2)25-30-24(31-36-25)18-4-3-5-20(13-18)26(27,28)29/h3-7,12-14,17H,8-11,15H2,1-2H3. The molecule has 1 fully saturated rings. The van der Waals surface area contributed by atoms with Gasteiger partial charge < -0.3 is 8.94 Å². The zero-order chi connectivity index (χ0) is 25.4. The Balaban J connectivity index is 1.24. The van der Waals surface area contributed by atoms with E-state index in [2.05, 4.69) is 19.9 Å². The van der Waals surface area contributed by atoms with Crippen molar-refractivity contribution in [3.63, 3.8) is 0 Å². The lowest BCUT2D eigenvalue weighted by molar-refractivity contribution is -0.137. The third-order valence-electron chi connectivity index (χ3n) is 6.58. The minimum absolute atomic E-state index is 0.131. The molecule has 1 atom stereocenters. The summed E-state index contributed by atoms with van der Waals surface area (Å²) in [5.74, 6) is 0.490. The maximum Gasteiger partial charge on any atom is 0.416 e. The minimum atomic E-state index is -4.44. The van der Waals surface area contributed by atoms with Crippen molar-refractivity contribution in [1.82, 2.24) is 19.9 Å². The molecule has 3 heterocycles. The minimum Gasteiger partial charge on any atom is -0.423 e. The van der Waals surface area contributed by atoms with Crippen LogP contribution in [0.5, 0.6) is 0 Å². The Morgan fingerprint density at radius 3 is 2.58 bits per heavy atom. The number of hydrogen-bond donors (Lipinski definition) is 0. The average molecular weight is 499 g/mol. The zero-order valence-electron chi connectivity index (χ0n) is 19.9. The predicted octanol–water partition coefficient (Wildman–Crippen LogP) is 5.05. The second-order valence-corrected chi connectivity index (χ2v) is 9.11. The van der Waals surface area contributed by atoms with Crippen LogP contribution in [0, 0.1) is 6.92 Å². The van der Waals surface area contributed by atoms with E-state index in [9.17, 15) is 18.0 Å². The third kappa shape index (κ3) is 5.05. The monoisotopic (exact) mass is 498 g/mol. The summed E-state index contributed by atoms with van der Waals surface area (Å²) in [5.41, 5.74) is 1.70. The van der Waals surface area contributed by atoms with Crippen molar-refractivity contribution in [3.8, 4) is 11.4 Å². The van der Waals surface area contributed by atoms with Crippen molar-refractivity contribution < 1.29 is 22.1 Å². The lowest BCUT2D eigenvalue weighted by Crippen LogP contribution is -2.46. The molecule has 36 heavy (non-hydrogen) atoms. The van der Waals surface area contributed by atoms with Gasteiger partial charge in [0.25, 0.3) is 0 Å². The predicted molar refractivity (Wildman–Crippen MR) is 127 cm³/mol. The van der Waals surface area contributed by atoms with Crippen LogP contribution in [0.2, 0.25) is 0 Å². The lowest BCUT2D eigenvalue weighted by atomic mass is 10.1. The van der Waals surface area contributed by atoms with Crippen molar-refractivity contribution in [1.29, 1.82) is 0 Å². The first-order valence-electron chi connectivity index (χ1n) is 11.7. The molecule has 2 aromatic carbocycles. The van der Waals surface area contributed by atoms with Crippen LogP contribution >= 0.6 is 0 Å². The lowest BCUT2D eigenvalue weighted by Gasteiger charge is -2.36. The van der Waals surface area contributed by atoms with Gasteiger partial charge in [-0.3, -0.25) is 9.80 Å². The molecule has 10 heteroatoms. The van der Waals surface area contributed by atoms with Crippen LogP contribution in [0.15, 0.2) is 62.3 Å². The van der Waals surface area contributed by atoms with Gasteiger partial charge in [-0.2, -0.15) is 18.2 Å². The molecule has 0 bridgehead atoms. The van der Waals surface area contributed by atoms with Crippen molar-refractivity contribution in [2.24, 2.45) is 0 Å². The maximum atomic E-state index is 13.0. The van der Waals surface area contributed by atoms with Crippen LogP contribution in [0.3, 0.4) is 0 Å². The summed E-state index contributed by atoms with van der Waals surface area (Å²) >= 11 is 0. The molecule has 0 amide bonds. The molecule has 2 aromatic heterocycles. The summed E-state index contributed by atoms with van der Waals surface area (Å²) in [5, 5.41) is 4.84. The Kier molecular flexibility index (Phi) is 6.40. The molecule has 7 nitrogen and oxygen atoms in total. The average Bonchev–Trinajstić information content (AvgIpc) is 3.34. The first-order chi connectivity index (χ1) is 17.2. The van der Waals surface area contributed by atoms with Crippen LogP contribution in [0.1, 0.15) is 35.5 Å². The van der Waals surface area contributed by atoms with E-state index in [4.69, 9.17) is 8.94 Å². The van der Waals surface area contributed by atoms with Gasteiger partial charge >= 0.3 is 11.8 Å². The van der Waals surface area contributed by atoms with E-state index >= 15 is 0 Å². The molecule has 5 rings (SSSR count). The summed E-state index contributed by atoms with van der Waals surface area (Å²) in [6.07, 6.45) is -4.44. The molecule has 1 aliphatic rings. The second kappa shape index (κ2) is 9.51. The molecule has 0 saturated carbocycles. The van der Waals surface area contributed by atoms with Crippen molar-refractivity contribution >= 4 is 11.0 Å². The van der Waals surface area contributed by atoms with Gasteiger partial charge in [-0.15, -0.1) is 0 Å². The highest BCUT2D eigenvalue weighted by Gasteiger charge is 2.31. The van der Waals surface area contributed by atoms with E-state index in [1.807, 2.05) is 32.0 Å². The van der Waals surface area contributed by atoms with Gasteiger partial charge in [0.1, 0.15) is 5.58 Å². The van der Waals surface area contributed by atoms with Gasteiger partial charge in [0.05, 0.1) is 11.6 Å². The fourth-order valence-electron chi connectivity index (χ4n) is 4.53. The first kappa shape index (κ1) is 24.2. The number of aryl methyl sites for hydroxylation is 1. The van der Waals surface area contributed by atoms with E-state index in [1.165, 1.54) is 12.1 Å². The van der Waals surface area contributed by atoms with E-state index in [-0.39, 0.29) is 23.1 Å². The zero-order valence-corrected chi connectivity index (χ0v) is 19.9. The summed E-state index contributed by atoms with van der Waals surface area (Å²) in [6.45, 7) is 7.55. The maximum absolute atomic E-state index is 13.0. The van der Waals surface area contributed by atoms with Gasteiger partial charge in [0.2, 0.25) is 11.7 Å². The number of aromatic nitrogens is 2. The molecular weight excluding hydrogens is 473 g/mol. The largest absolute Gasteiger partial charge is 0.423 e. The molecule has 4 aromatic rings. The van der Waals surface area contributed by atoms with Crippen LogP contribution in [-0.2, 0) is 12.7 Å². The number of hydrogen-bond acceptors (Lipinski definition) is 7. The number of fused-ring (bicyclic) bond motifs is 1. The molecule has 1 saturated heterocycles. The highest BCUT2D eigenvalue weighted by Crippen LogP contribution is 2.32. The van der Waals surface area contributed by atoms with E-state index in [0.29, 0.717) is 18.0 Å². The summed E-state index contributed by atoms with van der Waals surface area (Å²) in [4.78, 5) is 20.9. The number of piperazine rings is 1. The van der Waals surface area contributed by atoms with Crippen LogP contribution < -0.4 is 5.63 Å². The van der Waals surface area contributed by atoms with Crippen molar-refractivity contribution in [2.75, 3.05) is 26.2 Å². The number of halogens is 3. The van der Waals surface area contributed by atoms with Gasteiger partial charge in [-0.1, -0.05) is 29.4 Å². The van der Waals surface area contributed by atoms with Gasteiger partial charge in [-0.25, -0.2) is 4.79 Å². The highest BCUT2D eigenvalue weighted by atomic mass is 19.4. The smallest absolute Gasteiger partial charge is 0.416 e. The molecule has 0 radical (unpaired) electrons. The molecular formula is C26H25F3N4O3. The normalized spacial score (nSPS) is 16.5. The van der Waals surface area contributed by atoms with Crippen LogP contribution in [-0.4, -0.2) is 46.1 Å². The quantitative estimate of drug-likeness (QED) is 0.357. The molecule has 188 valence electrons. The summed E-state index contributed by atoms with van der Waals surface area (Å²) < 4.78 is 49.9. The fraction of sp³-hybridized carbons (Fsp3) is 0.346. The van der Waals surface area contributed by atoms with Crippen LogP contribution in [0.4, 0.5) is 13.2 Å². The molecule has 0 N–H and O–H groups in total. The molecule has 0 aliphatic carbocycles. The fourth-order valence-corrected chi connectivity index (χ4v) is 4.53. The number of alkyl halides is 3. The van der Waals surface area contributed by atoms with Crippen LogP contribution in [0.25, 0.3) is 22.4 Å². The van der Waals surface area contributed by atoms with Gasteiger partial charge in [0.15, 0.2) is 0 Å². The van der Waals surface area contributed by atoms with E-state index in [0.717, 1.165) is 54.8 Å². The van der Waals surface area contributed by atoms with Crippen molar-refractivity contribution in [2.45, 2.75) is 32.6 Å². The Hall–Kier alpha value is -3.50. The van der Waals surface area contributed by atoms with Gasteiger partial charge in [0, 0.05) is 49.7 Å². The Morgan fingerprint density at radius 2 is 1.83 bits per heavy atom. The first-order valence-corrected chi connectivity index (χ1v) is 11.7. The number of benzene rings is 2. The number of nitrogens with zero attached hydrogens (tertiary/aromatic N) is 4. The van der Waals surface area contributed by atoms with E-state index in [1.54, 1.807) is 6.07 Å². The third-order valence-corrected chi connectivity index (χ3v) is 6.58. The second-order valence-electron chi connectivity index (χ2n) is 9.11. The summed E-state index contributed by atoms with van der Waals surface area (Å²) in [7, 11) is 0. The SMILES string of the molecule is Cc1ccc2c(CN3CCN(C(C)c4nc(-c5cccc(C(F)(F)F)c5)no4)CC3)cc(=O)oc2c1. The Morgan fingerprint density at radius 1 is 1.06 bits per heavy atom. The molecule has 1 aliphatic heterocycles. The molecule has 1 unspecified atom stereocenters. The Labute approximate surface area is 205 Å². The summed E-state index contributed by atoms with van der Waals surface area (Å²) in [6, 6.07) is 12.1. The molecule has 0 spiro atoms. The van der Waals surface area contributed by atoms with Crippen molar-refractivity contribution in [3.05, 3.63) is 81.5 Å². The Bertz CT molecular complexity index is 1440. The van der Waals surface area contributed by atoms with E-state index < -0.39 is 11.7 Å². The highest BCUT2D eigenvalue weighted by molar-refractivity contribution is 5.80.